The van der Waals surface area contributed by atoms with E-state index in [1.165, 1.54) is 12.1 Å². The first-order valence-electron chi connectivity index (χ1n) is 5.53. The molecular formula is C11H14FNO4S. The highest BCUT2D eigenvalue weighted by Gasteiger charge is 2.18. The van der Waals surface area contributed by atoms with Gasteiger partial charge in [0.05, 0.1) is 11.5 Å². The average Bonchev–Trinajstić information content (AvgIpc) is 2.32. The zero-order valence-corrected chi connectivity index (χ0v) is 10.5. The number of hydrogen-bond acceptors (Lipinski definition) is 4. The molecule has 1 aromatic rings. The van der Waals surface area contributed by atoms with Crippen LogP contribution >= 0.6 is 0 Å². The maximum absolute atomic E-state index is 13.6. The third-order valence-electron chi connectivity index (χ3n) is 2.64. The van der Waals surface area contributed by atoms with Crippen LogP contribution in [0, 0.1) is 5.82 Å². The minimum atomic E-state index is -3.90. The second-order valence-corrected chi connectivity index (χ2v) is 5.66. The predicted octanol–water partition coefficient (Wildman–Crippen LogP) is 1.03. The van der Waals surface area contributed by atoms with Gasteiger partial charge < -0.3 is 9.47 Å². The molecule has 0 aliphatic carbocycles. The van der Waals surface area contributed by atoms with Crippen molar-refractivity contribution in [3.63, 3.8) is 0 Å². The zero-order chi connectivity index (χ0) is 13.2. The van der Waals surface area contributed by atoms with Crippen LogP contribution in [0.2, 0.25) is 0 Å². The third-order valence-corrected chi connectivity index (χ3v) is 3.56. The lowest BCUT2D eigenvalue weighted by Gasteiger charge is -2.23. The first kappa shape index (κ1) is 13.3. The number of primary sulfonamides is 1. The topological polar surface area (TPSA) is 78.6 Å². The summed E-state index contributed by atoms with van der Waals surface area (Å²) in [5, 5.41) is 4.90. The standard InChI is InChI=1S/C11H14FNO4S/c12-10-6-9(18(13,14)15)3-4-11(10)17-8-2-1-5-16-7-8/h3-4,6,8H,1-2,5,7H2,(H2,13,14,15). The average molecular weight is 275 g/mol. The molecule has 2 N–H and O–H groups in total. The first-order chi connectivity index (χ1) is 8.47. The van der Waals surface area contributed by atoms with Crippen LogP contribution in [-0.2, 0) is 14.8 Å². The molecule has 1 saturated heterocycles. The van der Waals surface area contributed by atoms with Crippen molar-refractivity contribution in [1.29, 1.82) is 0 Å². The Bertz CT molecular complexity index is 526. The molecule has 0 radical (unpaired) electrons. The van der Waals surface area contributed by atoms with Crippen molar-refractivity contribution in [2.24, 2.45) is 5.14 Å². The minimum absolute atomic E-state index is 0.0119. The van der Waals surface area contributed by atoms with Gasteiger partial charge in [0, 0.05) is 6.61 Å². The van der Waals surface area contributed by atoms with E-state index < -0.39 is 15.8 Å². The van der Waals surface area contributed by atoms with Crippen LogP contribution < -0.4 is 9.88 Å². The van der Waals surface area contributed by atoms with Gasteiger partial charge in [-0.1, -0.05) is 0 Å². The van der Waals surface area contributed by atoms with Gasteiger partial charge in [-0.3, -0.25) is 0 Å². The number of benzene rings is 1. The summed E-state index contributed by atoms with van der Waals surface area (Å²) in [6, 6.07) is 3.34. The van der Waals surface area contributed by atoms with Gasteiger partial charge in [0.15, 0.2) is 11.6 Å². The molecule has 0 saturated carbocycles. The van der Waals surface area contributed by atoms with Crippen molar-refractivity contribution in [3.05, 3.63) is 24.0 Å². The number of hydrogen-bond donors (Lipinski definition) is 1. The number of rotatable bonds is 3. The molecule has 1 aliphatic rings. The zero-order valence-electron chi connectivity index (χ0n) is 9.63. The van der Waals surface area contributed by atoms with Crippen LogP contribution in [0.25, 0.3) is 0 Å². The van der Waals surface area contributed by atoms with Gasteiger partial charge in [-0.15, -0.1) is 0 Å². The summed E-state index contributed by atoms with van der Waals surface area (Å²) in [4.78, 5) is -0.271. The van der Waals surface area contributed by atoms with Gasteiger partial charge >= 0.3 is 0 Å². The normalized spacial score (nSPS) is 20.7. The Morgan fingerprint density at radius 1 is 1.44 bits per heavy atom. The van der Waals surface area contributed by atoms with Gasteiger partial charge in [-0.25, -0.2) is 17.9 Å². The molecule has 1 heterocycles. The van der Waals surface area contributed by atoms with Crippen LogP contribution in [0.1, 0.15) is 12.8 Å². The quantitative estimate of drug-likeness (QED) is 0.893. The van der Waals surface area contributed by atoms with Gasteiger partial charge in [0.2, 0.25) is 10.0 Å². The predicted molar refractivity (Wildman–Crippen MR) is 62.2 cm³/mol. The molecule has 18 heavy (non-hydrogen) atoms. The van der Waals surface area contributed by atoms with Gasteiger partial charge in [-0.2, -0.15) is 0 Å². The van der Waals surface area contributed by atoms with Crippen molar-refractivity contribution >= 4 is 10.0 Å². The van der Waals surface area contributed by atoms with Gasteiger partial charge in [0.25, 0.3) is 0 Å². The number of ether oxygens (including phenoxy) is 2. The molecule has 1 unspecified atom stereocenters. The van der Waals surface area contributed by atoms with E-state index >= 15 is 0 Å². The Hall–Kier alpha value is -1.18. The van der Waals surface area contributed by atoms with Gasteiger partial charge in [0.1, 0.15) is 6.10 Å². The summed E-state index contributed by atoms with van der Waals surface area (Å²) in [5.41, 5.74) is 0. The molecular weight excluding hydrogens is 261 g/mol. The SMILES string of the molecule is NS(=O)(=O)c1ccc(OC2CCCOC2)c(F)c1. The Labute approximate surface area is 105 Å². The lowest BCUT2D eigenvalue weighted by molar-refractivity contribution is 0.00584. The maximum Gasteiger partial charge on any atom is 0.238 e. The third kappa shape index (κ3) is 3.18. The van der Waals surface area contributed by atoms with Gasteiger partial charge in [-0.05, 0) is 31.0 Å². The Kier molecular flexibility index (Phi) is 3.84. The molecule has 0 aromatic heterocycles. The Balaban J connectivity index is 2.14. The first-order valence-corrected chi connectivity index (χ1v) is 7.08. The molecule has 1 atom stereocenters. The van der Waals surface area contributed by atoms with Crippen LogP contribution in [-0.4, -0.2) is 27.7 Å². The molecule has 7 heteroatoms. The molecule has 0 spiro atoms. The molecule has 5 nitrogen and oxygen atoms in total. The molecule has 1 aliphatic heterocycles. The van der Waals surface area contributed by atoms with E-state index in [1.54, 1.807) is 0 Å². The molecule has 2 rings (SSSR count). The summed E-state index contributed by atoms with van der Waals surface area (Å²) in [6.45, 7) is 1.10. The molecule has 0 amide bonds. The van der Waals surface area contributed by atoms with Crippen molar-refractivity contribution in [2.75, 3.05) is 13.2 Å². The fourth-order valence-electron chi connectivity index (χ4n) is 1.74. The van der Waals surface area contributed by atoms with Crippen molar-refractivity contribution < 1.29 is 22.3 Å². The number of nitrogens with two attached hydrogens (primary N) is 1. The van der Waals surface area contributed by atoms with Crippen LogP contribution in [0.4, 0.5) is 4.39 Å². The smallest absolute Gasteiger partial charge is 0.238 e. The Morgan fingerprint density at radius 2 is 2.22 bits per heavy atom. The number of sulfonamides is 1. The highest BCUT2D eigenvalue weighted by atomic mass is 32.2. The fourth-order valence-corrected chi connectivity index (χ4v) is 2.26. The van der Waals surface area contributed by atoms with E-state index in [1.807, 2.05) is 0 Å². The highest BCUT2D eigenvalue weighted by molar-refractivity contribution is 7.89. The number of halogens is 1. The summed E-state index contributed by atoms with van der Waals surface area (Å²) in [5.74, 6) is -0.731. The van der Waals surface area contributed by atoms with Crippen LogP contribution in [0.15, 0.2) is 23.1 Å². The van der Waals surface area contributed by atoms with E-state index in [4.69, 9.17) is 14.6 Å². The van der Waals surface area contributed by atoms with E-state index in [0.29, 0.717) is 13.2 Å². The molecule has 1 fully saturated rings. The monoisotopic (exact) mass is 275 g/mol. The van der Waals surface area contributed by atoms with E-state index in [9.17, 15) is 12.8 Å². The fraction of sp³-hybridized carbons (Fsp3) is 0.455. The molecule has 1 aromatic carbocycles. The van der Waals surface area contributed by atoms with Crippen molar-refractivity contribution in [2.45, 2.75) is 23.8 Å². The lowest BCUT2D eigenvalue weighted by atomic mass is 10.2. The van der Waals surface area contributed by atoms with E-state index in [-0.39, 0.29) is 16.7 Å². The van der Waals surface area contributed by atoms with Crippen molar-refractivity contribution in [3.8, 4) is 5.75 Å². The van der Waals surface area contributed by atoms with Crippen LogP contribution in [0.3, 0.4) is 0 Å². The Morgan fingerprint density at radius 3 is 2.78 bits per heavy atom. The second kappa shape index (κ2) is 5.21. The second-order valence-electron chi connectivity index (χ2n) is 4.09. The van der Waals surface area contributed by atoms with Crippen LogP contribution in [0.5, 0.6) is 5.75 Å². The van der Waals surface area contributed by atoms with E-state index in [2.05, 4.69) is 0 Å². The maximum atomic E-state index is 13.6. The summed E-state index contributed by atoms with van der Waals surface area (Å²) in [7, 11) is -3.90. The largest absolute Gasteiger partial charge is 0.485 e. The molecule has 100 valence electrons. The lowest BCUT2D eigenvalue weighted by Crippen LogP contribution is -2.28. The summed E-state index contributed by atoms with van der Waals surface area (Å²) in [6.07, 6.45) is 1.45. The van der Waals surface area contributed by atoms with E-state index in [0.717, 1.165) is 18.9 Å². The minimum Gasteiger partial charge on any atom is -0.485 e. The summed E-state index contributed by atoms with van der Waals surface area (Å²) >= 11 is 0. The van der Waals surface area contributed by atoms with Crippen molar-refractivity contribution in [1.82, 2.24) is 0 Å². The summed E-state index contributed by atoms with van der Waals surface area (Å²) < 4.78 is 46.3. The highest BCUT2D eigenvalue weighted by Crippen LogP contribution is 2.23. The molecule has 0 bridgehead atoms.